The number of aryl methyl sites for hydroxylation is 1. The molecule has 7 nitrogen and oxygen atoms in total. The van der Waals surface area contributed by atoms with Gasteiger partial charge >= 0.3 is 11.9 Å². The third-order valence-corrected chi connectivity index (χ3v) is 7.75. The van der Waals surface area contributed by atoms with E-state index in [4.69, 9.17) is 0 Å². The van der Waals surface area contributed by atoms with E-state index in [0.29, 0.717) is 18.4 Å². The van der Waals surface area contributed by atoms with Crippen LogP contribution in [0.2, 0.25) is 0 Å². The second-order valence-corrected chi connectivity index (χ2v) is 10.2. The number of rotatable bonds is 16. The maximum absolute atomic E-state index is 11.2. The highest BCUT2D eigenvalue weighted by Gasteiger charge is 2.49. The molecule has 3 rings (SSSR count). The molecule has 1 aromatic carbocycles. The summed E-state index contributed by atoms with van der Waals surface area (Å²) in [5.41, 5.74) is 0.586. The Bertz CT molecular complexity index is 853. The highest BCUT2D eigenvalue weighted by molar-refractivity contribution is 5.78. The van der Waals surface area contributed by atoms with Gasteiger partial charge in [0.1, 0.15) is 0 Å². The molecule has 0 unspecified atom stereocenters. The first-order valence-electron chi connectivity index (χ1n) is 12.4. The Morgan fingerprint density at radius 3 is 1.58 bits per heavy atom. The van der Waals surface area contributed by atoms with E-state index < -0.39 is 28.5 Å². The number of aromatic hydroxyl groups is 3. The average Bonchev–Trinajstić information content (AvgIpc) is 3.68. The van der Waals surface area contributed by atoms with Gasteiger partial charge < -0.3 is 25.5 Å². The minimum absolute atomic E-state index is 0.245. The lowest BCUT2D eigenvalue weighted by atomic mass is 9.93. The topological polar surface area (TPSA) is 135 Å². The van der Waals surface area contributed by atoms with Gasteiger partial charge in [0.15, 0.2) is 11.5 Å². The third kappa shape index (κ3) is 6.33. The van der Waals surface area contributed by atoms with Crippen molar-refractivity contribution in [2.75, 3.05) is 0 Å². The molecule has 0 bridgehead atoms. The van der Waals surface area contributed by atoms with Crippen molar-refractivity contribution in [3.05, 3.63) is 17.2 Å². The van der Waals surface area contributed by atoms with Gasteiger partial charge in [0.25, 0.3) is 0 Å². The van der Waals surface area contributed by atoms with Crippen LogP contribution in [0.5, 0.6) is 17.2 Å². The Morgan fingerprint density at radius 1 is 0.667 bits per heavy atom. The molecule has 0 amide bonds. The van der Waals surface area contributed by atoms with Crippen LogP contribution in [-0.4, -0.2) is 37.5 Å². The van der Waals surface area contributed by atoms with Gasteiger partial charge in [0, 0.05) is 5.56 Å². The van der Waals surface area contributed by atoms with Crippen molar-refractivity contribution in [3.63, 3.8) is 0 Å². The van der Waals surface area contributed by atoms with Gasteiger partial charge in [-0.2, -0.15) is 0 Å². The number of unbranched alkanes of at least 4 members (excludes halogenated alkanes) is 6. The fourth-order valence-electron chi connectivity index (χ4n) is 4.93. The largest absolute Gasteiger partial charge is 0.504 e. The van der Waals surface area contributed by atoms with Crippen LogP contribution < -0.4 is 0 Å². The molecule has 1 aromatic rings. The summed E-state index contributed by atoms with van der Waals surface area (Å²) in [6, 6.07) is 1.54. The van der Waals surface area contributed by atoms with Crippen LogP contribution in [0.15, 0.2) is 6.07 Å². The first-order chi connectivity index (χ1) is 15.7. The number of phenolic OH excluding ortho intramolecular Hbond substituents is 3. The molecular formula is C26H38O7. The number of carboxylic acids is 2. The smallest absolute Gasteiger partial charge is 0.309 e. The van der Waals surface area contributed by atoms with Crippen LogP contribution in [0.3, 0.4) is 0 Å². The number of hydrogen-bond acceptors (Lipinski definition) is 5. The summed E-state index contributed by atoms with van der Waals surface area (Å²) >= 11 is 0. The molecule has 0 saturated heterocycles. The van der Waals surface area contributed by atoms with E-state index in [-0.39, 0.29) is 11.5 Å². The maximum Gasteiger partial charge on any atom is 0.309 e. The fraction of sp³-hybridized carbons (Fsp3) is 0.692. The van der Waals surface area contributed by atoms with Gasteiger partial charge in [-0.25, -0.2) is 0 Å². The van der Waals surface area contributed by atoms with Crippen LogP contribution in [0.4, 0.5) is 0 Å². The lowest BCUT2D eigenvalue weighted by Gasteiger charge is -2.15. The monoisotopic (exact) mass is 462 g/mol. The highest BCUT2D eigenvalue weighted by atomic mass is 16.4. The van der Waals surface area contributed by atoms with Crippen molar-refractivity contribution >= 4 is 11.9 Å². The summed E-state index contributed by atoms with van der Waals surface area (Å²) in [6.45, 7) is 0. The van der Waals surface area contributed by atoms with Gasteiger partial charge in [-0.05, 0) is 75.8 Å². The summed E-state index contributed by atoms with van der Waals surface area (Å²) in [5, 5.41) is 48.8. The predicted molar refractivity (Wildman–Crippen MR) is 124 cm³/mol. The van der Waals surface area contributed by atoms with Gasteiger partial charge in [-0.15, -0.1) is 0 Å². The average molecular weight is 463 g/mol. The number of phenols is 3. The van der Waals surface area contributed by atoms with Crippen LogP contribution in [0.25, 0.3) is 0 Å². The molecule has 0 radical (unpaired) electrons. The van der Waals surface area contributed by atoms with Crippen molar-refractivity contribution in [2.45, 2.75) is 103 Å². The van der Waals surface area contributed by atoms with E-state index in [2.05, 4.69) is 0 Å². The number of benzene rings is 1. The minimum atomic E-state index is -0.675. The van der Waals surface area contributed by atoms with Crippen molar-refractivity contribution in [3.8, 4) is 17.2 Å². The van der Waals surface area contributed by atoms with Crippen LogP contribution in [-0.2, 0) is 22.4 Å². The van der Waals surface area contributed by atoms with Gasteiger partial charge in [0.2, 0.25) is 5.75 Å². The van der Waals surface area contributed by atoms with Crippen molar-refractivity contribution in [2.24, 2.45) is 10.8 Å². The Morgan fingerprint density at radius 2 is 1.12 bits per heavy atom. The standard InChI is InChI=1S/C26H38O7/c27-20-17-18(9-5-1-3-7-11-25(13-14-25)23(30)31)19(21(28)22(20)29)10-6-2-4-8-12-26(15-16-26)24(32)33/h17,27-29H,1-16H2,(H,30,31)(H,32,33). The molecule has 184 valence electrons. The number of carboxylic acid groups (broad SMARTS) is 2. The van der Waals surface area contributed by atoms with Crippen molar-refractivity contribution in [1.82, 2.24) is 0 Å². The number of hydrogen-bond donors (Lipinski definition) is 5. The molecule has 2 fully saturated rings. The molecule has 0 heterocycles. The second kappa shape index (κ2) is 10.7. The minimum Gasteiger partial charge on any atom is -0.504 e. The summed E-state index contributed by atoms with van der Waals surface area (Å²) in [7, 11) is 0. The van der Waals surface area contributed by atoms with Gasteiger partial charge in [0.05, 0.1) is 10.8 Å². The maximum atomic E-state index is 11.2. The summed E-state index contributed by atoms with van der Waals surface area (Å²) in [5.74, 6) is -2.38. The van der Waals surface area contributed by atoms with E-state index >= 15 is 0 Å². The van der Waals surface area contributed by atoms with E-state index in [9.17, 15) is 35.1 Å². The molecule has 2 aliphatic carbocycles. The summed E-state index contributed by atoms with van der Waals surface area (Å²) in [4.78, 5) is 22.5. The fourth-order valence-corrected chi connectivity index (χ4v) is 4.93. The number of aliphatic carboxylic acids is 2. The number of carbonyl (C=O) groups is 2. The first kappa shape index (κ1) is 25.2. The van der Waals surface area contributed by atoms with Gasteiger partial charge in [-0.1, -0.05) is 38.5 Å². The quantitative estimate of drug-likeness (QED) is 0.161. The van der Waals surface area contributed by atoms with Crippen molar-refractivity contribution in [1.29, 1.82) is 0 Å². The Balaban J connectivity index is 1.41. The van der Waals surface area contributed by atoms with E-state index in [1.165, 1.54) is 6.07 Å². The summed E-state index contributed by atoms with van der Waals surface area (Å²) in [6.07, 6.45) is 13.1. The Labute approximate surface area is 195 Å². The van der Waals surface area contributed by atoms with Crippen LogP contribution in [0, 0.1) is 10.8 Å². The molecular weight excluding hydrogens is 424 g/mol. The zero-order valence-electron chi connectivity index (χ0n) is 19.4. The molecule has 2 aliphatic rings. The van der Waals surface area contributed by atoms with Crippen LogP contribution in [0.1, 0.15) is 101 Å². The SMILES string of the molecule is O=C(O)C1(CCCCCCc2cc(O)c(O)c(O)c2CCCCCCC2(C(=O)O)CC2)CC1. The predicted octanol–water partition coefficient (Wildman–Crippen LogP) is 5.52. The van der Waals surface area contributed by atoms with E-state index in [1.807, 2.05) is 0 Å². The third-order valence-electron chi connectivity index (χ3n) is 7.75. The molecule has 5 N–H and O–H groups in total. The Kier molecular flexibility index (Phi) is 8.14. The molecule has 0 atom stereocenters. The van der Waals surface area contributed by atoms with Crippen molar-refractivity contribution < 1.29 is 35.1 Å². The molecule has 33 heavy (non-hydrogen) atoms. The zero-order chi connectivity index (χ0) is 24.1. The van der Waals surface area contributed by atoms with E-state index in [1.54, 1.807) is 0 Å². The Hall–Kier alpha value is -2.44. The lowest BCUT2D eigenvalue weighted by Crippen LogP contribution is -2.14. The molecule has 0 aliphatic heterocycles. The molecule has 0 aromatic heterocycles. The molecule has 7 heteroatoms. The first-order valence-corrected chi connectivity index (χ1v) is 12.4. The second-order valence-electron chi connectivity index (χ2n) is 10.2. The van der Waals surface area contributed by atoms with Gasteiger partial charge in [-0.3, -0.25) is 9.59 Å². The summed E-state index contributed by atoms with van der Waals surface area (Å²) < 4.78 is 0. The molecule has 2 saturated carbocycles. The zero-order valence-corrected chi connectivity index (χ0v) is 19.4. The highest BCUT2D eigenvalue weighted by Crippen LogP contribution is 2.51. The van der Waals surface area contributed by atoms with E-state index in [0.717, 1.165) is 95.5 Å². The normalized spacial score (nSPS) is 17.6. The van der Waals surface area contributed by atoms with Crippen LogP contribution >= 0.6 is 0 Å². The lowest BCUT2D eigenvalue weighted by molar-refractivity contribution is -0.144. The molecule has 0 spiro atoms.